The second-order valence-electron chi connectivity index (χ2n) is 13.6. The normalized spacial score (nSPS) is 14.4. The van der Waals surface area contributed by atoms with E-state index in [1.165, 1.54) is 0 Å². The van der Waals surface area contributed by atoms with E-state index < -0.39 is 16.3 Å². The number of aryl methyl sites for hydroxylation is 1. The van der Waals surface area contributed by atoms with Gasteiger partial charge in [0.2, 0.25) is 12.7 Å². The van der Waals surface area contributed by atoms with E-state index in [2.05, 4.69) is 37.5 Å². The second-order valence-corrected chi connectivity index (χ2v) is 15.0. The van der Waals surface area contributed by atoms with Gasteiger partial charge >= 0.3 is 6.16 Å². The van der Waals surface area contributed by atoms with Crippen molar-refractivity contribution in [2.75, 3.05) is 56.8 Å². The summed E-state index contributed by atoms with van der Waals surface area (Å²) in [4.78, 5) is 41.1. The van der Waals surface area contributed by atoms with E-state index in [9.17, 15) is 9.59 Å². The lowest BCUT2D eigenvalue weighted by molar-refractivity contribution is -0.929. The third kappa shape index (κ3) is 13.0. The van der Waals surface area contributed by atoms with Gasteiger partial charge in [0.05, 0.1) is 35.9 Å². The van der Waals surface area contributed by atoms with Crippen LogP contribution in [0.2, 0.25) is 0 Å². The summed E-state index contributed by atoms with van der Waals surface area (Å²) in [5.41, 5.74) is 6.73. The molecule has 1 fully saturated rings. The number of pyridine rings is 1. The van der Waals surface area contributed by atoms with E-state index in [0.29, 0.717) is 27.9 Å². The Morgan fingerprint density at radius 1 is 0.964 bits per heavy atom. The maximum Gasteiger partial charge on any atom is 0.513 e. The summed E-state index contributed by atoms with van der Waals surface area (Å²) in [6, 6.07) is 28.7. The topological polar surface area (TPSA) is 176 Å². The zero-order chi connectivity index (χ0) is 39.4. The molecule has 15 heteroatoms. The van der Waals surface area contributed by atoms with Gasteiger partial charge < -0.3 is 24.7 Å². The molecule has 0 aliphatic carbocycles. The number of benzene rings is 3. The molecular weight excluding hydrogens is 723 g/mol. The van der Waals surface area contributed by atoms with E-state index in [-0.39, 0.29) is 18.7 Å². The molecule has 6 rings (SSSR count). The SMILES string of the molecule is CS(=O)(=O)[O-].Cc1ccc(NC(=O)c2ccc(CN3CC[N+](C)(COC(=O)O[C@H](C)c4ccccc4)CC3)cc2)cc1Nc1nccc(-c2cccnc2)n1. The van der Waals surface area contributed by atoms with Crippen molar-refractivity contribution in [3.05, 3.63) is 132 Å². The van der Waals surface area contributed by atoms with Crippen molar-refractivity contribution >= 4 is 39.5 Å². The average Bonchev–Trinajstić information content (AvgIpc) is 3.17. The summed E-state index contributed by atoms with van der Waals surface area (Å²) in [5.74, 6) is 0.261. The van der Waals surface area contributed by atoms with Crippen LogP contribution in [0.4, 0.5) is 22.1 Å². The van der Waals surface area contributed by atoms with Crippen LogP contribution in [0.5, 0.6) is 0 Å². The van der Waals surface area contributed by atoms with Crippen LogP contribution >= 0.6 is 0 Å². The minimum atomic E-state index is -3.92. The molecule has 3 aromatic carbocycles. The fourth-order valence-corrected chi connectivity index (χ4v) is 5.73. The highest BCUT2D eigenvalue weighted by atomic mass is 32.2. The standard InChI is InChI=1S/C39H41N7O4.CH4O3S/c1-28-11-16-34(24-36(28)44-38-41-19-17-35(43-38)33-10-7-18-40-25-33)42-37(47)32-14-12-30(13-15-32)26-45-20-22-46(3,23-21-45)27-49-39(48)50-29(2)31-8-5-4-6-9-31;1-5(2,3)4/h4-19,24-25,29H,20-23,26-27H2,1-3H3,(H-,41,42,43,44,47);1H3,(H,2,3,4)/t29-;/m1./s1. The molecule has 0 unspecified atom stereocenters. The molecule has 0 bridgehead atoms. The molecule has 0 radical (unpaired) electrons. The number of nitrogens with zero attached hydrogens (tertiary/aromatic N) is 5. The number of amides is 1. The Kier molecular flexibility index (Phi) is 13.6. The Morgan fingerprint density at radius 2 is 1.67 bits per heavy atom. The molecule has 0 saturated carbocycles. The highest BCUT2D eigenvalue weighted by Crippen LogP contribution is 2.25. The first-order valence-electron chi connectivity index (χ1n) is 17.6. The summed E-state index contributed by atoms with van der Waals surface area (Å²) in [6.07, 6.45) is 4.77. The summed E-state index contributed by atoms with van der Waals surface area (Å²) >= 11 is 0. The average molecular weight is 768 g/mol. The third-order valence-corrected chi connectivity index (χ3v) is 8.93. The lowest BCUT2D eigenvalue weighted by Crippen LogP contribution is -2.58. The van der Waals surface area contributed by atoms with Crippen molar-refractivity contribution in [3.63, 3.8) is 0 Å². The monoisotopic (exact) mass is 767 g/mol. The van der Waals surface area contributed by atoms with Crippen molar-refractivity contribution < 1.29 is 36.5 Å². The number of carbonyl (C=O) groups excluding carboxylic acids is 2. The highest BCUT2D eigenvalue weighted by molar-refractivity contribution is 7.84. The minimum Gasteiger partial charge on any atom is -0.748 e. The van der Waals surface area contributed by atoms with Crippen LogP contribution in [-0.4, -0.2) is 95.6 Å². The number of piperazine rings is 1. The molecule has 3 heterocycles. The fraction of sp³-hybridized carbons (Fsp3) is 0.275. The first-order valence-corrected chi connectivity index (χ1v) is 19.4. The van der Waals surface area contributed by atoms with E-state index >= 15 is 0 Å². The molecule has 55 heavy (non-hydrogen) atoms. The lowest BCUT2D eigenvalue weighted by atomic mass is 10.1. The smallest absolute Gasteiger partial charge is 0.513 e. The molecule has 1 aliphatic heterocycles. The van der Waals surface area contributed by atoms with E-state index in [4.69, 9.17) is 22.4 Å². The summed E-state index contributed by atoms with van der Waals surface area (Å²) in [7, 11) is -1.82. The van der Waals surface area contributed by atoms with E-state index in [1.807, 2.05) is 105 Å². The molecule has 5 aromatic rings. The quantitative estimate of drug-likeness (QED) is 0.0894. The van der Waals surface area contributed by atoms with Crippen molar-refractivity contribution in [2.24, 2.45) is 0 Å². The zero-order valence-electron chi connectivity index (χ0n) is 31.2. The summed E-state index contributed by atoms with van der Waals surface area (Å²) in [6.45, 7) is 8.28. The van der Waals surface area contributed by atoms with Crippen LogP contribution in [0.3, 0.4) is 0 Å². The Labute approximate surface area is 321 Å². The van der Waals surface area contributed by atoms with Gasteiger partial charge in [-0.2, -0.15) is 0 Å². The molecular formula is C40H45N7O7S. The van der Waals surface area contributed by atoms with Crippen molar-refractivity contribution in [1.29, 1.82) is 0 Å². The number of quaternary nitrogens is 1. The van der Waals surface area contributed by atoms with Crippen molar-refractivity contribution in [3.8, 4) is 11.3 Å². The third-order valence-electron chi connectivity index (χ3n) is 8.93. The molecule has 1 atom stereocenters. The molecule has 14 nitrogen and oxygen atoms in total. The van der Waals surface area contributed by atoms with Crippen molar-refractivity contribution in [2.45, 2.75) is 26.5 Å². The Hall–Kier alpha value is -5.74. The Balaban J connectivity index is 0.00000109. The van der Waals surface area contributed by atoms with Crippen LogP contribution in [0.15, 0.2) is 110 Å². The van der Waals surface area contributed by atoms with Gasteiger partial charge in [0.25, 0.3) is 5.91 Å². The molecule has 1 aliphatic rings. The number of carbonyl (C=O) groups is 2. The predicted molar refractivity (Wildman–Crippen MR) is 208 cm³/mol. The number of anilines is 3. The number of nitrogens with one attached hydrogen (secondary N) is 2. The maximum absolute atomic E-state index is 13.2. The van der Waals surface area contributed by atoms with Gasteiger partial charge in [0.1, 0.15) is 6.10 Å². The van der Waals surface area contributed by atoms with Crippen LogP contribution in [0.25, 0.3) is 11.3 Å². The van der Waals surface area contributed by atoms with Crippen LogP contribution in [-0.2, 0) is 26.1 Å². The van der Waals surface area contributed by atoms with Gasteiger partial charge in [0.15, 0.2) is 0 Å². The molecule has 2 N–H and O–H groups in total. The number of likely N-dealkylation sites (N-methyl/N-ethyl adjacent to an activating group) is 1. The fourth-order valence-electron chi connectivity index (χ4n) is 5.73. The predicted octanol–water partition coefficient (Wildman–Crippen LogP) is 6.14. The van der Waals surface area contributed by atoms with Gasteiger partial charge in [-0.05, 0) is 73.0 Å². The second kappa shape index (κ2) is 18.5. The van der Waals surface area contributed by atoms with Crippen LogP contribution in [0.1, 0.15) is 40.1 Å². The minimum absolute atomic E-state index is 0.191. The van der Waals surface area contributed by atoms with E-state index in [1.54, 1.807) is 18.6 Å². The number of hydrogen-bond donors (Lipinski definition) is 2. The highest BCUT2D eigenvalue weighted by Gasteiger charge is 2.30. The molecule has 288 valence electrons. The zero-order valence-corrected chi connectivity index (χ0v) is 32.0. The van der Waals surface area contributed by atoms with Gasteiger partial charge in [-0.1, -0.05) is 48.5 Å². The molecule has 1 saturated heterocycles. The van der Waals surface area contributed by atoms with Crippen molar-refractivity contribution in [1.82, 2.24) is 19.9 Å². The number of aromatic nitrogens is 3. The van der Waals surface area contributed by atoms with Gasteiger partial charge in [-0.15, -0.1) is 0 Å². The van der Waals surface area contributed by atoms with Gasteiger partial charge in [-0.3, -0.25) is 19.2 Å². The first-order chi connectivity index (χ1) is 26.2. The Morgan fingerprint density at radius 3 is 2.35 bits per heavy atom. The Bertz CT molecular complexity index is 2140. The largest absolute Gasteiger partial charge is 0.748 e. The van der Waals surface area contributed by atoms with Gasteiger partial charge in [-0.25, -0.2) is 23.2 Å². The summed E-state index contributed by atoms with van der Waals surface area (Å²) in [5, 5.41) is 6.30. The maximum atomic E-state index is 13.2. The van der Waals surface area contributed by atoms with Crippen LogP contribution < -0.4 is 10.6 Å². The van der Waals surface area contributed by atoms with E-state index in [0.717, 1.165) is 66.4 Å². The number of ether oxygens (including phenoxy) is 2. The molecule has 1 amide bonds. The number of rotatable bonds is 11. The number of hydrogen-bond acceptors (Lipinski definition) is 12. The molecule has 0 spiro atoms. The van der Waals surface area contributed by atoms with Crippen LogP contribution in [0, 0.1) is 6.92 Å². The molecule has 2 aromatic heterocycles. The summed E-state index contributed by atoms with van der Waals surface area (Å²) < 4.78 is 38.8. The lowest BCUT2D eigenvalue weighted by Gasteiger charge is -2.41. The van der Waals surface area contributed by atoms with Gasteiger partial charge in [0, 0.05) is 67.0 Å². The first kappa shape index (κ1) is 40.4.